The Morgan fingerprint density at radius 1 is 0.719 bits per heavy atom. The largest absolute Gasteiger partial charge is 0.375 e. The second-order valence-corrected chi connectivity index (χ2v) is 9.37. The SMILES string of the molecule is CCCCCCCCC(C(C)OCC1CO1)C(OCCCC)(OCCCC)OCCCC. The van der Waals surface area contributed by atoms with Crippen molar-refractivity contribution < 1.29 is 23.7 Å². The fourth-order valence-corrected chi connectivity index (χ4v) is 3.91. The van der Waals surface area contributed by atoms with Crippen LogP contribution in [0.1, 0.15) is 118 Å². The molecule has 3 unspecified atom stereocenters. The van der Waals surface area contributed by atoms with Gasteiger partial charge in [-0.2, -0.15) is 0 Å². The van der Waals surface area contributed by atoms with Gasteiger partial charge in [-0.05, 0) is 32.6 Å². The van der Waals surface area contributed by atoms with Crippen LogP contribution in [0.5, 0.6) is 0 Å². The van der Waals surface area contributed by atoms with Crippen LogP contribution in [0.4, 0.5) is 0 Å². The van der Waals surface area contributed by atoms with E-state index in [0.717, 1.165) is 58.0 Å². The smallest absolute Gasteiger partial charge is 0.288 e. The molecular formula is C27H54O5. The van der Waals surface area contributed by atoms with Gasteiger partial charge in [0.25, 0.3) is 5.97 Å². The third-order valence-corrected chi connectivity index (χ3v) is 6.24. The third kappa shape index (κ3) is 12.9. The van der Waals surface area contributed by atoms with Crippen molar-refractivity contribution in [1.82, 2.24) is 0 Å². The van der Waals surface area contributed by atoms with Gasteiger partial charge < -0.3 is 23.7 Å². The molecule has 0 spiro atoms. The Morgan fingerprint density at radius 3 is 1.66 bits per heavy atom. The van der Waals surface area contributed by atoms with Crippen molar-refractivity contribution in [1.29, 1.82) is 0 Å². The Labute approximate surface area is 199 Å². The quantitative estimate of drug-likeness (QED) is 0.0865. The highest BCUT2D eigenvalue weighted by atomic mass is 16.9. The normalized spacial score (nSPS) is 18.1. The highest BCUT2D eigenvalue weighted by Gasteiger charge is 2.46. The van der Waals surface area contributed by atoms with Crippen molar-refractivity contribution in [2.45, 2.75) is 136 Å². The van der Waals surface area contributed by atoms with Gasteiger partial charge in [0.05, 0.1) is 45.1 Å². The van der Waals surface area contributed by atoms with Crippen molar-refractivity contribution in [3.63, 3.8) is 0 Å². The molecule has 1 fully saturated rings. The van der Waals surface area contributed by atoms with Crippen LogP contribution < -0.4 is 0 Å². The predicted molar refractivity (Wildman–Crippen MR) is 132 cm³/mol. The molecule has 1 heterocycles. The van der Waals surface area contributed by atoms with Crippen molar-refractivity contribution in [3.8, 4) is 0 Å². The van der Waals surface area contributed by atoms with Crippen LogP contribution in [0, 0.1) is 5.92 Å². The number of ether oxygens (including phenoxy) is 5. The summed E-state index contributed by atoms with van der Waals surface area (Å²) in [5.41, 5.74) is 0. The van der Waals surface area contributed by atoms with Crippen LogP contribution in [0.2, 0.25) is 0 Å². The maximum Gasteiger partial charge on any atom is 0.288 e. The number of epoxide rings is 1. The zero-order valence-corrected chi connectivity index (χ0v) is 22.0. The van der Waals surface area contributed by atoms with Crippen LogP contribution >= 0.6 is 0 Å². The van der Waals surface area contributed by atoms with Gasteiger partial charge in [0.2, 0.25) is 0 Å². The molecule has 192 valence electrons. The number of hydrogen-bond acceptors (Lipinski definition) is 5. The average Bonchev–Trinajstić information content (AvgIpc) is 3.62. The summed E-state index contributed by atoms with van der Waals surface area (Å²) < 4.78 is 31.2. The molecule has 1 aliphatic rings. The highest BCUT2D eigenvalue weighted by molar-refractivity contribution is 4.80. The summed E-state index contributed by atoms with van der Waals surface area (Å²) in [5, 5.41) is 0. The summed E-state index contributed by atoms with van der Waals surface area (Å²) >= 11 is 0. The number of unbranched alkanes of at least 4 members (excludes halogenated alkanes) is 8. The van der Waals surface area contributed by atoms with Crippen molar-refractivity contribution in [2.75, 3.05) is 33.0 Å². The fourth-order valence-electron chi connectivity index (χ4n) is 3.91. The Morgan fingerprint density at radius 2 is 1.19 bits per heavy atom. The fraction of sp³-hybridized carbons (Fsp3) is 1.00. The van der Waals surface area contributed by atoms with E-state index >= 15 is 0 Å². The van der Waals surface area contributed by atoms with Gasteiger partial charge in [-0.25, -0.2) is 0 Å². The van der Waals surface area contributed by atoms with E-state index in [2.05, 4.69) is 34.6 Å². The Bertz CT molecular complexity index is 386. The van der Waals surface area contributed by atoms with Gasteiger partial charge in [0.15, 0.2) is 0 Å². The van der Waals surface area contributed by atoms with E-state index < -0.39 is 5.97 Å². The first-order valence-electron chi connectivity index (χ1n) is 13.8. The molecule has 1 saturated heterocycles. The van der Waals surface area contributed by atoms with Gasteiger partial charge in [-0.3, -0.25) is 0 Å². The summed E-state index contributed by atoms with van der Waals surface area (Å²) in [6.45, 7) is 14.4. The lowest BCUT2D eigenvalue weighted by molar-refractivity contribution is -0.415. The number of rotatable bonds is 24. The molecule has 5 heteroatoms. The molecule has 1 aliphatic heterocycles. The number of hydrogen-bond donors (Lipinski definition) is 0. The Balaban J connectivity index is 2.94. The maximum atomic E-state index is 6.51. The molecule has 1 rings (SSSR count). The van der Waals surface area contributed by atoms with Crippen LogP contribution in [-0.2, 0) is 23.7 Å². The predicted octanol–water partition coefficient (Wildman–Crippen LogP) is 7.26. The molecule has 3 atom stereocenters. The summed E-state index contributed by atoms with van der Waals surface area (Å²) in [6, 6.07) is 0. The first-order valence-corrected chi connectivity index (χ1v) is 13.8. The summed E-state index contributed by atoms with van der Waals surface area (Å²) in [7, 11) is 0. The van der Waals surface area contributed by atoms with Crippen LogP contribution in [0.3, 0.4) is 0 Å². The molecule has 0 amide bonds. The molecule has 0 radical (unpaired) electrons. The molecule has 0 saturated carbocycles. The minimum atomic E-state index is -1.02. The summed E-state index contributed by atoms with van der Waals surface area (Å²) in [5.74, 6) is -0.981. The van der Waals surface area contributed by atoms with E-state index in [1.54, 1.807) is 0 Å². The van der Waals surface area contributed by atoms with Crippen molar-refractivity contribution >= 4 is 0 Å². The molecule has 5 nitrogen and oxygen atoms in total. The van der Waals surface area contributed by atoms with Gasteiger partial charge in [0, 0.05) is 0 Å². The van der Waals surface area contributed by atoms with Crippen LogP contribution in [-0.4, -0.2) is 51.2 Å². The zero-order valence-electron chi connectivity index (χ0n) is 22.0. The monoisotopic (exact) mass is 458 g/mol. The van der Waals surface area contributed by atoms with E-state index in [1.165, 1.54) is 32.1 Å². The molecule has 0 aromatic heterocycles. The maximum absolute atomic E-state index is 6.51. The molecule has 0 bridgehead atoms. The molecular weight excluding hydrogens is 404 g/mol. The lowest BCUT2D eigenvalue weighted by atomic mass is 9.92. The minimum absolute atomic E-state index is 0.0141. The molecule has 0 aromatic rings. The first-order chi connectivity index (χ1) is 15.6. The van der Waals surface area contributed by atoms with Crippen LogP contribution in [0.15, 0.2) is 0 Å². The van der Waals surface area contributed by atoms with E-state index in [9.17, 15) is 0 Å². The lowest BCUT2D eigenvalue weighted by Crippen LogP contribution is -2.51. The second kappa shape index (κ2) is 19.1. The topological polar surface area (TPSA) is 49.5 Å². The van der Waals surface area contributed by atoms with Gasteiger partial charge in [-0.1, -0.05) is 85.5 Å². The summed E-state index contributed by atoms with van der Waals surface area (Å²) in [4.78, 5) is 0. The third-order valence-electron chi connectivity index (χ3n) is 6.24. The Hall–Kier alpha value is -0.200. The Kier molecular flexibility index (Phi) is 17.8. The standard InChI is InChI=1S/C27H54O5/c1-6-10-14-15-16-17-18-26(24(5)28-22-25-23-29-25)27(30-19-11-7-2,31-20-12-8-3)32-21-13-9-4/h24-26H,6-23H2,1-5H3. The zero-order chi connectivity index (χ0) is 23.5. The van der Waals surface area contributed by atoms with E-state index in [0.29, 0.717) is 26.4 Å². The first kappa shape index (κ1) is 29.8. The van der Waals surface area contributed by atoms with E-state index in [-0.39, 0.29) is 18.1 Å². The molecule has 32 heavy (non-hydrogen) atoms. The highest BCUT2D eigenvalue weighted by Crippen LogP contribution is 2.35. The summed E-state index contributed by atoms with van der Waals surface area (Å²) in [6.07, 6.45) is 15.1. The molecule has 0 aromatic carbocycles. The molecule has 0 N–H and O–H groups in total. The van der Waals surface area contributed by atoms with Gasteiger partial charge in [0.1, 0.15) is 6.10 Å². The van der Waals surface area contributed by atoms with Gasteiger partial charge in [-0.15, -0.1) is 0 Å². The van der Waals surface area contributed by atoms with Crippen molar-refractivity contribution in [2.24, 2.45) is 5.92 Å². The minimum Gasteiger partial charge on any atom is -0.375 e. The van der Waals surface area contributed by atoms with Crippen LogP contribution in [0.25, 0.3) is 0 Å². The average molecular weight is 459 g/mol. The second-order valence-electron chi connectivity index (χ2n) is 9.37. The van der Waals surface area contributed by atoms with Gasteiger partial charge >= 0.3 is 0 Å². The molecule has 0 aliphatic carbocycles. The van der Waals surface area contributed by atoms with Crippen molar-refractivity contribution in [3.05, 3.63) is 0 Å². The van der Waals surface area contributed by atoms with E-state index in [1.807, 2.05) is 0 Å². The van der Waals surface area contributed by atoms with E-state index in [4.69, 9.17) is 23.7 Å². The lowest BCUT2D eigenvalue weighted by Gasteiger charge is -2.42.